The normalized spacial score (nSPS) is 13.2. The average molecular weight is 843 g/mol. The van der Waals surface area contributed by atoms with Crippen molar-refractivity contribution in [3.63, 3.8) is 0 Å². The minimum absolute atomic E-state index is 0.0116. The molecule has 9 aromatic rings. The molecule has 2 nitrogen and oxygen atoms in total. The van der Waals surface area contributed by atoms with E-state index >= 15 is 0 Å². The van der Waals surface area contributed by atoms with Crippen LogP contribution in [0.4, 0.5) is 11.4 Å². The molecule has 2 aliphatic rings. The lowest BCUT2D eigenvalue weighted by Gasteiger charge is -2.28. The van der Waals surface area contributed by atoms with Crippen molar-refractivity contribution in [1.82, 2.24) is 4.57 Å². The smallest absolute Gasteiger partial charge is 0.198 e. The maximum absolute atomic E-state index is 4.08. The van der Waals surface area contributed by atoms with Gasteiger partial charge in [-0.25, -0.2) is 0 Å². The molecule has 1 aliphatic heterocycles. The van der Waals surface area contributed by atoms with Crippen LogP contribution in [0.5, 0.6) is 0 Å². The second-order valence-electron chi connectivity index (χ2n) is 19.3. The topological polar surface area (TPSA) is 17.0 Å². The summed E-state index contributed by atoms with van der Waals surface area (Å²) < 4.78 is 2.63. The fourth-order valence-corrected chi connectivity index (χ4v) is 11.5. The fourth-order valence-electron chi connectivity index (χ4n) is 11.5. The van der Waals surface area contributed by atoms with E-state index in [-0.39, 0.29) is 11.3 Å². The van der Waals surface area contributed by atoms with Crippen molar-refractivity contribution in [3.05, 3.63) is 209 Å². The summed E-state index contributed by atoms with van der Waals surface area (Å²) in [7, 11) is 0.867. The summed E-state index contributed by atoms with van der Waals surface area (Å²) in [6.07, 6.45) is 9.68. The van der Waals surface area contributed by atoms with Gasteiger partial charge in [-0.2, -0.15) is 0 Å². The van der Waals surface area contributed by atoms with E-state index in [0.717, 1.165) is 31.5 Å². The first-order valence-electron chi connectivity index (χ1n) is 24.4. The van der Waals surface area contributed by atoms with E-state index in [1.54, 1.807) is 0 Å². The Balaban J connectivity index is 1.22. The lowest BCUT2D eigenvalue weighted by atomic mass is 9.58. The van der Waals surface area contributed by atoms with Gasteiger partial charge >= 0.3 is 0 Å². The van der Waals surface area contributed by atoms with E-state index in [1.807, 2.05) is 0 Å². The van der Waals surface area contributed by atoms with Crippen LogP contribution in [0.3, 0.4) is 0 Å². The number of aromatic nitrogens is 1. The Morgan fingerprint density at radius 2 is 1.20 bits per heavy atom. The molecule has 0 bridgehead atoms. The Morgan fingerprint density at radius 1 is 0.554 bits per heavy atom. The summed E-state index contributed by atoms with van der Waals surface area (Å²) in [4.78, 5) is 0. The molecule has 8 aromatic carbocycles. The molecular formula is C62H59BN2. The minimum Gasteiger partial charge on any atom is -0.355 e. The van der Waals surface area contributed by atoms with Crippen molar-refractivity contribution in [2.45, 2.75) is 90.4 Å². The van der Waals surface area contributed by atoms with E-state index in [1.165, 1.54) is 138 Å². The van der Waals surface area contributed by atoms with Crippen LogP contribution in [-0.2, 0) is 18.3 Å². The Bertz CT molecular complexity index is 3150. The Kier molecular flexibility index (Phi) is 10.8. The molecule has 65 heavy (non-hydrogen) atoms. The van der Waals surface area contributed by atoms with Gasteiger partial charge in [0.1, 0.15) is 0 Å². The van der Waals surface area contributed by atoms with Gasteiger partial charge < -0.3 is 9.88 Å². The van der Waals surface area contributed by atoms with Gasteiger partial charge in [0.15, 0.2) is 7.28 Å². The number of benzene rings is 8. The molecule has 0 amide bonds. The van der Waals surface area contributed by atoms with Gasteiger partial charge in [-0.1, -0.05) is 186 Å². The number of fused-ring (bicyclic) bond motifs is 8. The van der Waals surface area contributed by atoms with Gasteiger partial charge in [-0.3, -0.25) is 0 Å². The zero-order chi connectivity index (χ0) is 44.1. The van der Waals surface area contributed by atoms with Crippen LogP contribution < -0.4 is 16.2 Å². The van der Waals surface area contributed by atoms with Gasteiger partial charge in [-0.15, -0.1) is 0 Å². The highest BCUT2D eigenvalue weighted by Gasteiger charge is 2.37. The van der Waals surface area contributed by atoms with E-state index in [9.17, 15) is 0 Å². The molecule has 0 spiro atoms. The standard InChI is InChI=1S/C62H59BN2/c1-5-7-11-21-41-31-34-45(35-32-41)64-55-40-53-48(46-27-17-19-29-52(46)62(53,3)4)38-49(55)50-39-51(58(43-23-13-9-14-24-43)44-25-15-10-16-26-44)59-47-28-18-20-30-56(47)65-57-36-33-42(22-12-8-6-2)37-54(57)63-60(50)61(59)65/h9-10,13-20,23-40,58,63-64H,5-8,11-12,21-22H2,1-4H3. The molecule has 320 valence electrons. The highest BCUT2D eigenvalue weighted by atomic mass is 15.0. The number of nitrogens with zero attached hydrogens (tertiary/aromatic N) is 1. The predicted molar refractivity (Wildman–Crippen MR) is 280 cm³/mol. The molecule has 3 heteroatoms. The van der Waals surface area contributed by atoms with Crippen molar-refractivity contribution in [1.29, 1.82) is 0 Å². The number of anilines is 2. The molecule has 0 atom stereocenters. The SMILES string of the molecule is CCCCCc1ccc(Nc2cc3c(cc2-c2cc(C(c4ccccc4)c4ccccc4)c4c5ccccc5n5c4c2Bc2cc(CCCCC)ccc2-5)-c2ccccc2C3(C)C)cc1. The van der Waals surface area contributed by atoms with E-state index in [4.69, 9.17) is 0 Å². The van der Waals surface area contributed by atoms with Crippen molar-refractivity contribution in [2.75, 3.05) is 5.32 Å². The van der Waals surface area contributed by atoms with Crippen LogP contribution in [0, 0.1) is 0 Å². The number of aryl methyl sites for hydroxylation is 2. The van der Waals surface area contributed by atoms with Gasteiger partial charge in [0.25, 0.3) is 0 Å². The molecule has 1 aromatic heterocycles. The van der Waals surface area contributed by atoms with Crippen molar-refractivity contribution in [3.8, 4) is 27.9 Å². The van der Waals surface area contributed by atoms with Crippen LogP contribution >= 0.6 is 0 Å². The summed E-state index contributed by atoms with van der Waals surface area (Å²) in [5.74, 6) is 0.0116. The van der Waals surface area contributed by atoms with Gasteiger partial charge in [0.2, 0.25) is 0 Å². The molecule has 2 heterocycles. The molecular weight excluding hydrogens is 784 g/mol. The van der Waals surface area contributed by atoms with E-state index in [2.05, 4.69) is 207 Å². The second kappa shape index (κ2) is 17.1. The third kappa shape index (κ3) is 7.21. The van der Waals surface area contributed by atoms with Gasteiger partial charge in [0, 0.05) is 50.2 Å². The summed E-state index contributed by atoms with van der Waals surface area (Å²) in [6, 6.07) is 65.0. The number of rotatable bonds is 14. The van der Waals surface area contributed by atoms with E-state index in [0.29, 0.717) is 0 Å². The highest BCUT2D eigenvalue weighted by molar-refractivity contribution is 6.73. The Labute approximate surface area is 386 Å². The number of hydrogen-bond donors (Lipinski definition) is 1. The zero-order valence-electron chi connectivity index (χ0n) is 38.6. The largest absolute Gasteiger partial charge is 0.355 e. The number of para-hydroxylation sites is 1. The Morgan fingerprint density at radius 3 is 1.92 bits per heavy atom. The predicted octanol–water partition coefficient (Wildman–Crippen LogP) is 14.8. The van der Waals surface area contributed by atoms with E-state index < -0.39 is 0 Å². The third-order valence-corrected chi connectivity index (χ3v) is 14.8. The first-order chi connectivity index (χ1) is 31.9. The summed E-state index contributed by atoms with van der Waals surface area (Å²) in [6.45, 7) is 9.38. The lowest BCUT2D eigenvalue weighted by molar-refractivity contribution is 0.660. The third-order valence-electron chi connectivity index (χ3n) is 14.8. The van der Waals surface area contributed by atoms with Crippen LogP contribution in [0.1, 0.15) is 111 Å². The highest BCUT2D eigenvalue weighted by Crippen LogP contribution is 2.52. The maximum Gasteiger partial charge on any atom is 0.198 e. The molecule has 1 N–H and O–H groups in total. The summed E-state index contributed by atoms with van der Waals surface area (Å²) in [5, 5.41) is 6.75. The average Bonchev–Trinajstić information content (AvgIpc) is 3.80. The fraction of sp³-hybridized carbons (Fsp3) is 0.226. The molecule has 1 aliphatic carbocycles. The molecule has 0 fully saturated rings. The van der Waals surface area contributed by atoms with Crippen LogP contribution in [-0.4, -0.2) is 11.8 Å². The molecule has 0 unspecified atom stereocenters. The summed E-state index contributed by atoms with van der Waals surface area (Å²) in [5.41, 5.74) is 23.6. The molecule has 0 saturated heterocycles. The van der Waals surface area contributed by atoms with Gasteiger partial charge in [0.05, 0.1) is 5.52 Å². The second-order valence-corrected chi connectivity index (χ2v) is 19.3. The van der Waals surface area contributed by atoms with Crippen LogP contribution in [0.15, 0.2) is 170 Å². The number of nitrogens with one attached hydrogen (secondary N) is 1. The number of hydrogen-bond acceptors (Lipinski definition) is 1. The molecule has 11 rings (SSSR count). The van der Waals surface area contributed by atoms with Crippen LogP contribution in [0.25, 0.3) is 49.7 Å². The number of unbranched alkanes of at least 4 members (excludes halogenated alkanes) is 4. The van der Waals surface area contributed by atoms with Crippen molar-refractivity contribution < 1.29 is 0 Å². The first kappa shape index (κ1) is 41.2. The minimum atomic E-state index is -0.140. The van der Waals surface area contributed by atoms with Gasteiger partial charge in [-0.05, 0) is 129 Å². The Hall–Kier alpha value is -6.58. The zero-order valence-corrected chi connectivity index (χ0v) is 38.6. The van der Waals surface area contributed by atoms with Crippen molar-refractivity contribution >= 4 is 51.4 Å². The quantitative estimate of drug-likeness (QED) is 0.0656. The maximum atomic E-state index is 4.08. The molecule has 0 radical (unpaired) electrons. The first-order valence-corrected chi connectivity index (χ1v) is 24.4. The van der Waals surface area contributed by atoms with Crippen molar-refractivity contribution in [2.24, 2.45) is 0 Å². The monoisotopic (exact) mass is 842 g/mol. The summed E-state index contributed by atoms with van der Waals surface area (Å²) >= 11 is 0. The van der Waals surface area contributed by atoms with Crippen LogP contribution in [0.2, 0.25) is 0 Å². The lowest BCUT2D eigenvalue weighted by Crippen LogP contribution is -2.38. The molecule has 0 saturated carbocycles.